The summed E-state index contributed by atoms with van der Waals surface area (Å²) >= 11 is 0. The van der Waals surface area contributed by atoms with E-state index in [1.807, 2.05) is 37.0 Å². The second kappa shape index (κ2) is 7.84. The molecule has 172 valence electrons. The van der Waals surface area contributed by atoms with E-state index in [9.17, 15) is 9.18 Å². The van der Waals surface area contributed by atoms with Crippen LogP contribution in [0.1, 0.15) is 36.3 Å². The van der Waals surface area contributed by atoms with Crippen LogP contribution in [0, 0.1) is 12.7 Å². The molecule has 8 nitrogen and oxygen atoms in total. The Hall–Kier alpha value is -3.46. The monoisotopic (exact) mass is 449 g/mol. The molecule has 1 fully saturated rings. The van der Waals surface area contributed by atoms with Crippen LogP contribution in [0.2, 0.25) is 0 Å². The van der Waals surface area contributed by atoms with Crippen molar-refractivity contribution in [2.24, 2.45) is 0 Å². The molecule has 9 heteroatoms. The van der Waals surface area contributed by atoms with E-state index in [1.54, 1.807) is 23.7 Å². The highest BCUT2D eigenvalue weighted by molar-refractivity contribution is 6.13. The summed E-state index contributed by atoms with van der Waals surface area (Å²) < 4.78 is 17.9. The normalized spacial score (nSPS) is 18.5. The average molecular weight is 450 g/mol. The number of imidazole rings is 1. The summed E-state index contributed by atoms with van der Waals surface area (Å²) in [5, 5.41) is 11.9. The lowest BCUT2D eigenvalue weighted by atomic mass is 10.0. The van der Waals surface area contributed by atoms with Crippen LogP contribution in [0.4, 0.5) is 15.8 Å². The first-order chi connectivity index (χ1) is 15.8. The third-order valence-corrected chi connectivity index (χ3v) is 6.57. The lowest BCUT2D eigenvalue weighted by Crippen LogP contribution is -2.42. The molecule has 33 heavy (non-hydrogen) atoms. The maximum absolute atomic E-state index is 14.5. The predicted molar refractivity (Wildman–Crippen MR) is 128 cm³/mol. The average Bonchev–Trinajstić information content (AvgIpc) is 3.49. The molecule has 3 aromatic heterocycles. The van der Waals surface area contributed by atoms with Crippen LogP contribution >= 0.6 is 0 Å². The number of pyridine rings is 1. The van der Waals surface area contributed by atoms with E-state index < -0.39 is 5.82 Å². The smallest absolute Gasteiger partial charge is 0.257 e. The number of nitrogens with one attached hydrogen (secondary N) is 2. The van der Waals surface area contributed by atoms with E-state index in [0.29, 0.717) is 29.0 Å². The molecule has 4 aromatic rings. The molecule has 4 heterocycles. The summed E-state index contributed by atoms with van der Waals surface area (Å²) in [5.74, 6) is -0.816. The van der Waals surface area contributed by atoms with Crippen LogP contribution in [0.25, 0.3) is 16.6 Å². The van der Waals surface area contributed by atoms with Crippen molar-refractivity contribution in [3.8, 4) is 0 Å². The molecule has 0 radical (unpaired) electrons. The molecule has 1 amide bonds. The van der Waals surface area contributed by atoms with Crippen LogP contribution in [0.15, 0.2) is 36.8 Å². The van der Waals surface area contributed by atoms with Crippen LogP contribution in [0.5, 0.6) is 0 Å². The van der Waals surface area contributed by atoms with Gasteiger partial charge >= 0.3 is 0 Å². The van der Waals surface area contributed by atoms with E-state index in [4.69, 9.17) is 0 Å². The molecule has 1 aliphatic heterocycles. The van der Waals surface area contributed by atoms with Crippen molar-refractivity contribution in [3.05, 3.63) is 53.9 Å². The highest BCUT2D eigenvalue weighted by Crippen LogP contribution is 2.34. The van der Waals surface area contributed by atoms with Crippen LogP contribution in [0.3, 0.4) is 0 Å². The van der Waals surface area contributed by atoms with Crippen molar-refractivity contribution in [1.29, 1.82) is 0 Å². The number of rotatable bonds is 5. The number of aromatic nitrogens is 4. The van der Waals surface area contributed by atoms with Gasteiger partial charge in [-0.1, -0.05) is 0 Å². The van der Waals surface area contributed by atoms with Crippen molar-refractivity contribution in [2.45, 2.75) is 39.3 Å². The highest BCUT2D eigenvalue weighted by Gasteiger charge is 2.33. The minimum absolute atomic E-state index is 0.0531. The predicted octanol–water partition coefficient (Wildman–Crippen LogP) is 3.59. The van der Waals surface area contributed by atoms with E-state index in [1.165, 1.54) is 6.07 Å². The number of likely N-dealkylation sites (N-methyl/N-ethyl adjacent to an activating group) is 1. The van der Waals surface area contributed by atoms with Gasteiger partial charge in [0.1, 0.15) is 5.52 Å². The molecular formula is C24H28FN7O. The summed E-state index contributed by atoms with van der Waals surface area (Å²) in [6, 6.07) is 5.09. The fourth-order valence-corrected chi connectivity index (χ4v) is 4.58. The van der Waals surface area contributed by atoms with Crippen molar-refractivity contribution >= 4 is 33.8 Å². The number of amides is 1. The Balaban J connectivity index is 1.51. The fraction of sp³-hybridized carbons (Fsp3) is 0.375. The van der Waals surface area contributed by atoms with Gasteiger partial charge in [0, 0.05) is 60.9 Å². The third-order valence-electron chi connectivity index (χ3n) is 6.57. The molecule has 1 aromatic carbocycles. The van der Waals surface area contributed by atoms with E-state index in [0.717, 1.165) is 30.6 Å². The van der Waals surface area contributed by atoms with Gasteiger partial charge < -0.3 is 19.9 Å². The van der Waals surface area contributed by atoms with E-state index in [2.05, 4.69) is 32.5 Å². The molecule has 0 aliphatic carbocycles. The van der Waals surface area contributed by atoms with Gasteiger partial charge in [0.2, 0.25) is 0 Å². The largest absolute Gasteiger partial charge is 0.369 e. The number of anilines is 2. The van der Waals surface area contributed by atoms with E-state index >= 15 is 0 Å². The summed E-state index contributed by atoms with van der Waals surface area (Å²) in [6.45, 7) is 8.55. The number of benzene rings is 1. The molecule has 0 bridgehead atoms. The van der Waals surface area contributed by atoms with Gasteiger partial charge in [0.05, 0.1) is 16.9 Å². The maximum atomic E-state index is 14.5. The first kappa shape index (κ1) is 21.4. The van der Waals surface area contributed by atoms with Crippen molar-refractivity contribution in [1.82, 2.24) is 24.5 Å². The van der Waals surface area contributed by atoms with Crippen LogP contribution < -0.4 is 15.5 Å². The Bertz CT molecular complexity index is 1370. The zero-order valence-electron chi connectivity index (χ0n) is 19.3. The number of nitrogens with zero attached hydrogens (tertiary/aromatic N) is 5. The van der Waals surface area contributed by atoms with Crippen LogP contribution in [-0.2, 0) is 6.54 Å². The Morgan fingerprint density at radius 2 is 2.09 bits per heavy atom. The number of hydrogen-bond acceptors (Lipinski definition) is 5. The second-order valence-corrected chi connectivity index (χ2v) is 9.01. The Kier molecular flexibility index (Phi) is 5.08. The molecule has 0 saturated carbocycles. The number of fused-ring (bicyclic) bond motifs is 2. The lowest BCUT2D eigenvalue weighted by molar-refractivity contribution is 0.102. The number of carbonyl (C=O) groups excluding carboxylic acids is 1. The van der Waals surface area contributed by atoms with E-state index in [-0.39, 0.29) is 17.1 Å². The molecular weight excluding hydrogens is 421 g/mol. The Morgan fingerprint density at radius 1 is 1.27 bits per heavy atom. The van der Waals surface area contributed by atoms with Crippen molar-refractivity contribution in [3.63, 3.8) is 0 Å². The van der Waals surface area contributed by atoms with Crippen molar-refractivity contribution in [2.75, 3.05) is 30.4 Å². The molecule has 0 unspecified atom stereocenters. The minimum atomic E-state index is -0.488. The zero-order chi connectivity index (χ0) is 23.3. The molecule has 1 saturated heterocycles. The summed E-state index contributed by atoms with van der Waals surface area (Å²) in [4.78, 5) is 19.7. The molecule has 0 spiro atoms. The molecule has 1 atom stereocenters. The summed E-state index contributed by atoms with van der Waals surface area (Å²) in [7, 11) is 1.99. The Morgan fingerprint density at radius 3 is 2.82 bits per heavy atom. The SMILES string of the molecule is CCn1cc2c(N3CC[C@@](C)(NC)C3)ccc(C(=O)Nc3cc(F)c4nc(C)cn4c3)c2n1. The number of carbonyl (C=O) groups is 1. The van der Waals surface area contributed by atoms with Crippen molar-refractivity contribution < 1.29 is 9.18 Å². The van der Waals surface area contributed by atoms with Gasteiger partial charge in [-0.25, -0.2) is 9.37 Å². The van der Waals surface area contributed by atoms with Crippen LogP contribution in [-0.4, -0.2) is 50.7 Å². The third kappa shape index (κ3) is 3.72. The van der Waals surface area contributed by atoms with Gasteiger partial charge in [0.25, 0.3) is 5.91 Å². The first-order valence-corrected chi connectivity index (χ1v) is 11.2. The topological polar surface area (TPSA) is 79.5 Å². The fourth-order valence-electron chi connectivity index (χ4n) is 4.58. The highest BCUT2D eigenvalue weighted by atomic mass is 19.1. The Labute approximate surface area is 191 Å². The van der Waals surface area contributed by atoms with Gasteiger partial charge in [-0.15, -0.1) is 0 Å². The van der Waals surface area contributed by atoms with Gasteiger partial charge in [-0.2, -0.15) is 5.10 Å². The molecule has 5 rings (SSSR count). The first-order valence-electron chi connectivity index (χ1n) is 11.2. The maximum Gasteiger partial charge on any atom is 0.257 e. The zero-order valence-corrected chi connectivity index (χ0v) is 19.3. The van der Waals surface area contributed by atoms with Gasteiger partial charge in [-0.05, 0) is 46.4 Å². The second-order valence-electron chi connectivity index (χ2n) is 9.01. The number of aryl methyl sites for hydroxylation is 2. The summed E-state index contributed by atoms with van der Waals surface area (Å²) in [5.41, 5.74) is 3.52. The number of halogens is 1. The standard InChI is InChI=1S/C24H28FN7O/c1-5-32-13-18-20(30-9-8-24(3,14-30)26-4)7-6-17(21(18)29-32)23(33)28-16-10-19(25)22-27-15(2)11-31(22)12-16/h6-7,10-13,26H,5,8-9,14H2,1-4H3,(H,28,33)/t24-/m1/s1. The minimum Gasteiger partial charge on any atom is -0.369 e. The van der Waals surface area contributed by atoms with Gasteiger partial charge in [0.15, 0.2) is 11.5 Å². The molecule has 2 N–H and O–H groups in total. The number of hydrogen-bond donors (Lipinski definition) is 2. The lowest BCUT2D eigenvalue weighted by Gasteiger charge is -2.25. The summed E-state index contributed by atoms with van der Waals surface area (Å²) in [6.07, 6.45) is 6.42. The quantitative estimate of drug-likeness (QED) is 0.487. The molecule has 1 aliphatic rings. The van der Waals surface area contributed by atoms with Gasteiger partial charge in [-0.3, -0.25) is 9.48 Å².